The fraction of sp³-hybridized carbons (Fsp3) is 0.950. The Morgan fingerprint density at radius 2 is 1.77 bits per heavy atom. The van der Waals surface area contributed by atoms with E-state index in [9.17, 15) is 0 Å². The Bertz CT molecular complexity index is 393. The van der Waals surface area contributed by atoms with Gasteiger partial charge in [0.1, 0.15) is 0 Å². The summed E-state index contributed by atoms with van der Waals surface area (Å²) in [4.78, 5) is 7.23. The minimum absolute atomic E-state index is 0. The Morgan fingerprint density at radius 3 is 2.31 bits per heavy atom. The normalized spacial score (nSPS) is 17.7. The van der Waals surface area contributed by atoms with E-state index < -0.39 is 0 Å². The standard InChI is InChI=1S/C20H42N4O.HI/c1-7-9-10-11-19(3,4)16-22-18(21-8-2)23-17-20(24(5)6)12-14-25-15-13-20;/h7-17H2,1-6H3,(H2,21,22,23);1H. The van der Waals surface area contributed by atoms with E-state index in [-0.39, 0.29) is 34.9 Å². The molecule has 156 valence electrons. The van der Waals surface area contributed by atoms with Crippen LogP contribution < -0.4 is 10.6 Å². The molecule has 1 saturated heterocycles. The summed E-state index contributed by atoms with van der Waals surface area (Å²) in [6, 6.07) is 0. The van der Waals surface area contributed by atoms with Gasteiger partial charge in [0.15, 0.2) is 5.96 Å². The molecule has 1 aliphatic rings. The molecule has 5 nitrogen and oxygen atoms in total. The highest BCUT2D eigenvalue weighted by Crippen LogP contribution is 2.26. The summed E-state index contributed by atoms with van der Waals surface area (Å²) in [5.74, 6) is 0.943. The molecule has 0 aromatic rings. The van der Waals surface area contributed by atoms with E-state index in [2.05, 4.69) is 57.3 Å². The molecule has 0 aromatic carbocycles. The van der Waals surface area contributed by atoms with Gasteiger partial charge in [-0.3, -0.25) is 4.99 Å². The van der Waals surface area contributed by atoms with Crippen LogP contribution in [0.4, 0.5) is 0 Å². The fourth-order valence-corrected chi connectivity index (χ4v) is 3.35. The molecule has 0 saturated carbocycles. The zero-order chi connectivity index (χ0) is 18.8. The van der Waals surface area contributed by atoms with Crippen molar-refractivity contribution in [3.63, 3.8) is 0 Å². The molecule has 2 N–H and O–H groups in total. The summed E-state index contributed by atoms with van der Waals surface area (Å²) in [6.07, 6.45) is 7.26. The van der Waals surface area contributed by atoms with E-state index in [1.807, 2.05) is 0 Å². The highest BCUT2D eigenvalue weighted by Gasteiger charge is 2.34. The lowest BCUT2D eigenvalue weighted by molar-refractivity contribution is -0.00501. The van der Waals surface area contributed by atoms with Crippen molar-refractivity contribution in [2.45, 2.75) is 71.8 Å². The van der Waals surface area contributed by atoms with Gasteiger partial charge in [0.2, 0.25) is 0 Å². The van der Waals surface area contributed by atoms with E-state index in [1.165, 1.54) is 25.7 Å². The molecule has 1 fully saturated rings. The van der Waals surface area contributed by atoms with Gasteiger partial charge in [0, 0.05) is 38.4 Å². The SMILES string of the molecule is CCCCCC(C)(C)CN=C(NCC)NCC1(N(C)C)CCOCC1.I. The van der Waals surface area contributed by atoms with E-state index >= 15 is 0 Å². The van der Waals surface area contributed by atoms with Crippen molar-refractivity contribution in [1.82, 2.24) is 15.5 Å². The van der Waals surface area contributed by atoms with Crippen molar-refractivity contribution >= 4 is 29.9 Å². The molecular weight excluding hydrogens is 439 g/mol. The second-order valence-electron chi connectivity index (χ2n) is 8.40. The maximum atomic E-state index is 5.57. The number of hydrogen-bond acceptors (Lipinski definition) is 3. The van der Waals surface area contributed by atoms with Gasteiger partial charge in [-0.1, -0.05) is 40.0 Å². The number of ether oxygens (including phenoxy) is 1. The number of nitrogens with zero attached hydrogens (tertiary/aromatic N) is 2. The smallest absolute Gasteiger partial charge is 0.191 e. The number of rotatable bonds is 10. The Hall–Kier alpha value is -0.0800. The van der Waals surface area contributed by atoms with Gasteiger partial charge in [-0.25, -0.2) is 0 Å². The Labute approximate surface area is 179 Å². The maximum Gasteiger partial charge on any atom is 0.191 e. The minimum atomic E-state index is 0. The second kappa shape index (κ2) is 13.2. The molecule has 0 spiro atoms. The van der Waals surface area contributed by atoms with Crippen molar-refractivity contribution in [3.8, 4) is 0 Å². The first-order chi connectivity index (χ1) is 11.9. The third-order valence-electron chi connectivity index (χ3n) is 5.42. The lowest BCUT2D eigenvalue weighted by Gasteiger charge is -2.43. The predicted octanol–water partition coefficient (Wildman–Crippen LogP) is 3.88. The quantitative estimate of drug-likeness (QED) is 0.215. The van der Waals surface area contributed by atoms with Crippen LogP contribution in [-0.4, -0.2) is 63.3 Å². The highest BCUT2D eigenvalue weighted by atomic mass is 127. The molecule has 0 amide bonds. The van der Waals surface area contributed by atoms with Crippen LogP contribution in [0.3, 0.4) is 0 Å². The van der Waals surface area contributed by atoms with Crippen LogP contribution in [0.2, 0.25) is 0 Å². The topological polar surface area (TPSA) is 48.9 Å². The molecule has 26 heavy (non-hydrogen) atoms. The van der Waals surface area contributed by atoms with Gasteiger partial charge in [-0.05, 0) is 45.7 Å². The molecule has 0 atom stereocenters. The first kappa shape index (κ1) is 25.9. The molecule has 6 heteroatoms. The molecule has 0 unspecified atom stereocenters. The lowest BCUT2D eigenvalue weighted by Crippen LogP contribution is -2.57. The van der Waals surface area contributed by atoms with Crippen LogP contribution in [0.25, 0.3) is 0 Å². The van der Waals surface area contributed by atoms with Crippen LogP contribution in [-0.2, 0) is 4.74 Å². The number of nitrogens with one attached hydrogen (secondary N) is 2. The third kappa shape index (κ3) is 9.22. The second-order valence-corrected chi connectivity index (χ2v) is 8.40. The van der Waals surface area contributed by atoms with Crippen molar-refractivity contribution in [2.75, 3.05) is 46.9 Å². The zero-order valence-electron chi connectivity index (χ0n) is 18.0. The van der Waals surface area contributed by atoms with Crippen molar-refractivity contribution in [1.29, 1.82) is 0 Å². The van der Waals surface area contributed by atoms with Crippen molar-refractivity contribution < 1.29 is 4.74 Å². The summed E-state index contributed by atoms with van der Waals surface area (Å²) >= 11 is 0. The highest BCUT2D eigenvalue weighted by molar-refractivity contribution is 14.0. The molecule has 1 heterocycles. The first-order valence-electron chi connectivity index (χ1n) is 10.1. The van der Waals surface area contributed by atoms with E-state index in [0.29, 0.717) is 0 Å². The third-order valence-corrected chi connectivity index (χ3v) is 5.42. The summed E-state index contributed by atoms with van der Waals surface area (Å²) in [6.45, 7) is 13.4. The predicted molar refractivity (Wildman–Crippen MR) is 124 cm³/mol. The Morgan fingerprint density at radius 1 is 1.12 bits per heavy atom. The lowest BCUT2D eigenvalue weighted by atomic mass is 9.87. The van der Waals surface area contributed by atoms with Gasteiger partial charge in [-0.15, -0.1) is 24.0 Å². The van der Waals surface area contributed by atoms with Crippen LogP contribution in [0.1, 0.15) is 66.2 Å². The molecule has 0 aromatic heterocycles. The largest absolute Gasteiger partial charge is 0.381 e. The van der Waals surface area contributed by atoms with Crippen LogP contribution in [0.5, 0.6) is 0 Å². The number of hydrogen-bond donors (Lipinski definition) is 2. The maximum absolute atomic E-state index is 5.57. The molecule has 1 rings (SSSR count). The average molecular weight is 482 g/mol. The number of aliphatic imine (C=N–C) groups is 1. The van der Waals surface area contributed by atoms with Gasteiger partial charge < -0.3 is 20.3 Å². The number of guanidine groups is 1. The summed E-state index contributed by atoms with van der Waals surface area (Å²) in [7, 11) is 4.35. The number of likely N-dealkylation sites (N-methyl/N-ethyl adjacent to an activating group) is 1. The van der Waals surface area contributed by atoms with E-state index in [4.69, 9.17) is 9.73 Å². The number of halogens is 1. The first-order valence-corrected chi connectivity index (χ1v) is 10.1. The molecule has 0 radical (unpaired) electrons. The molecule has 0 bridgehead atoms. The van der Waals surface area contributed by atoms with E-state index in [0.717, 1.165) is 51.6 Å². The Kier molecular flexibility index (Phi) is 13.1. The minimum Gasteiger partial charge on any atom is -0.381 e. The fourth-order valence-electron chi connectivity index (χ4n) is 3.35. The Balaban J connectivity index is 0.00000625. The van der Waals surface area contributed by atoms with E-state index in [1.54, 1.807) is 0 Å². The van der Waals surface area contributed by atoms with Crippen LogP contribution >= 0.6 is 24.0 Å². The molecule has 1 aliphatic heterocycles. The summed E-state index contributed by atoms with van der Waals surface area (Å²) in [5.41, 5.74) is 0.417. The monoisotopic (exact) mass is 482 g/mol. The van der Waals surface area contributed by atoms with Crippen molar-refractivity contribution in [3.05, 3.63) is 0 Å². The summed E-state index contributed by atoms with van der Waals surface area (Å²) < 4.78 is 5.57. The van der Waals surface area contributed by atoms with Gasteiger partial charge in [-0.2, -0.15) is 0 Å². The zero-order valence-corrected chi connectivity index (χ0v) is 20.3. The average Bonchev–Trinajstić information content (AvgIpc) is 2.58. The van der Waals surface area contributed by atoms with Gasteiger partial charge in [0.05, 0.1) is 0 Å². The van der Waals surface area contributed by atoms with Crippen LogP contribution in [0.15, 0.2) is 4.99 Å². The van der Waals surface area contributed by atoms with Gasteiger partial charge in [0.25, 0.3) is 0 Å². The molecular formula is C20H43IN4O. The van der Waals surface area contributed by atoms with Crippen LogP contribution in [0, 0.1) is 5.41 Å². The summed E-state index contributed by atoms with van der Waals surface area (Å²) in [5, 5.41) is 7.00. The van der Waals surface area contributed by atoms with Gasteiger partial charge >= 0.3 is 0 Å². The van der Waals surface area contributed by atoms with Crippen molar-refractivity contribution in [2.24, 2.45) is 10.4 Å². The molecule has 0 aliphatic carbocycles. The number of unbranched alkanes of at least 4 members (excludes halogenated alkanes) is 2.